The maximum atomic E-state index is 13.6. The van der Waals surface area contributed by atoms with Crippen LogP contribution in [-0.4, -0.2) is 80.1 Å². The summed E-state index contributed by atoms with van der Waals surface area (Å²) in [5.41, 5.74) is -2.23. The molecule has 262 valence electrons. The van der Waals surface area contributed by atoms with E-state index in [0.29, 0.717) is 12.1 Å². The number of methoxy groups -OCH3 is 1. The predicted octanol–water partition coefficient (Wildman–Crippen LogP) is 5.50. The van der Waals surface area contributed by atoms with Crippen LogP contribution >= 0.6 is 0 Å². The second-order valence-electron chi connectivity index (χ2n) is 13.7. The first-order valence-corrected chi connectivity index (χ1v) is 15.2. The number of carbonyl (C=O) groups is 3. The number of amides is 2. The molecule has 0 fully saturated rings. The summed E-state index contributed by atoms with van der Waals surface area (Å²) in [7, 11) is 1.41. The molecule has 0 radical (unpaired) electrons. The van der Waals surface area contributed by atoms with Crippen LogP contribution in [0.1, 0.15) is 74.4 Å². The average Bonchev–Trinajstić information content (AvgIpc) is 3.34. The molecule has 0 aliphatic carbocycles. The Balaban J connectivity index is 2.14. The number of hydrogen-bond donors (Lipinski definition) is 2. The lowest BCUT2D eigenvalue weighted by Gasteiger charge is -2.25. The van der Waals surface area contributed by atoms with Crippen molar-refractivity contribution in [2.45, 2.75) is 92.5 Å². The lowest BCUT2D eigenvalue weighted by atomic mass is 10.1. The van der Waals surface area contributed by atoms with Crippen LogP contribution in [-0.2, 0) is 14.2 Å². The molecule has 0 saturated heterocycles. The molecular weight excluding hydrogens is 626 g/mol. The van der Waals surface area contributed by atoms with Gasteiger partial charge in [0.1, 0.15) is 33.9 Å². The standard InChI is InChI=1S/C32H45N7O9/c1-19-15-21(45-14-12-13-34-27(41)46-30(2,3)4)25(26(35-19)44-11)20-16-22(37-39(20)29(43)48-32(8,9)10)38(28(42)47-31(5,6)7)23-17-33-18-24(40)36-23/h15-18H,12-14H2,1-11H3,(H,34,41)(H,36,40). The molecule has 0 aliphatic heterocycles. The Kier molecular flexibility index (Phi) is 11.5. The number of carbonyl (C=O) groups excluding carboxylic acids is 3. The summed E-state index contributed by atoms with van der Waals surface area (Å²) < 4.78 is 29.3. The number of H-pyrrole nitrogens is 1. The van der Waals surface area contributed by atoms with Gasteiger partial charge in [-0.1, -0.05) is 0 Å². The number of ether oxygens (including phenoxy) is 5. The highest BCUT2D eigenvalue weighted by atomic mass is 16.6. The Bertz CT molecular complexity index is 1680. The van der Waals surface area contributed by atoms with Gasteiger partial charge in [-0.2, -0.15) is 4.68 Å². The van der Waals surface area contributed by atoms with E-state index in [2.05, 4.69) is 25.4 Å². The van der Waals surface area contributed by atoms with Crippen LogP contribution < -0.4 is 25.2 Å². The van der Waals surface area contributed by atoms with E-state index in [1.807, 2.05) is 0 Å². The van der Waals surface area contributed by atoms with Crippen LogP contribution in [0.3, 0.4) is 0 Å². The fourth-order valence-electron chi connectivity index (χ4n) is 4.08. The molecule has 0 aliphatic rings. The van der Waals surface area contributed by atoms with Gasteiger partial charge < -0.3 is 34.0 Å². The Labute approximate surface area is 279 Å². The summed E-state index contributed by atoms with van der Waals surface area (Å²) in [5, 5.41) is 7.12. The lowest BCUT2D eigenvalue weighted by molar-refractivity contribution is 0.0508. The van der Waals surface area contributed by atoms with E-state index in [1.54, 1.807) is 75.3 Å². The van der Waals surface area contributed by atoms with Crippen LogP contribution in [0, 0.1) is 6.92 Å². The number of nitrogens with zero attached hydrogens (tertiary/aromatic N) is 5. The third-order valence-electron chi connectivity index (χ3n) is 5.72. The molecule has 0 atom stereocenters. The number of aromatic amines is 1. The highest BCUT2D eigenvalue weighted by molar-refractivity contribution is 5.95. The third-order valence-corrected chi connectivity index (χ3v) is 5.72. The van der Waals surface area contributed by atoms with Gasteiger partial charge in [0.15, 0.2) is 5.82 Å². The van der Waals surface area contributed by atoms with Crippen molar-refractivity contribution in [1.29, 1.82) is 0 Å². The van der Waals surface area contributed by atoms with Gasteiger partial charge in [0.2, 0.25) is 5.88 Å². The quantitative estimate of drug-likeness (QED) is 0.215. The maximum absolute atomic E-state index is 13.6. The zero-order valence-electron chi connectivity index (χ0n) is 29.3. The monoisotopic (exact) mass is 671 g/mol. The average molecular weight is 672 g/mol. The molecule has 0 unspecified atom stereocenters. The first kappa shape index (κ1) is 37.3. The molecule has 3 aromatic heterocycles. The van der Waals surface area contributed by atoms with E-state index in [9.17, 15) is 19.2 Å². The zero-order chi connectivity index (χ0) is 36.0. The molecule has 3 aromatic rings. The van der Waals surface area contributed by atoms with Crippen molar-refractivity contribution in [3.05, 3.63) is 40.6 Å². The lowest BCUT2D eigenvalue weighted by Crippen LogP contribution is -2.35. The number of rotatable bonds is 9. The number of aryl methyl sites for hydroxylation is 1. The molecule has 2 amide bonds. The number of nitrogens with one attached hydrogen (secondary N) is 2. The highest BCUT2D eigenvalue weighted by Gasteiger charge is 2.33. The van der Waals surface area contributed by atoms with Crippen LogP contribution in [0.4, 0.5) is 26.0 Å². The first-order chi connectivity index (χ1) is 22.2. The summed E-state index contributed by atoms with van der Waals surface area (Å²) in [4.78, 5) is 63.4. The van der Waals surface area contributed by atoms with Crippen LogP contribution in [0.25, 0.3) is 11.3 Å². The van der Waals surface area contributed by atoms with Crippen LogP contribution in [0.5, 0.6) is 11.6 Å². The Morgan fingerprint density at radius 1 is 0.938 bits per heavy atom. The third kappa shape index (κ3) is 10.7. The van der Waals surface area contributed by atoms with Crippen molar-refractivity contribution in [2.24, 2.45) is 0 Å². The fourth-order valence-corrected chi connectivity index (χ4v) is 4.08. The van der Waals surface area contributed by atoms with Gasteiger partial charge in [0.25, 0.3) is 5.56 Å². The molecule has 0 aromatic carbocycles. The van der Waals surface area contributed by atoms with Crippen molar-refractivity contribution >= 4 is 29.9 Å². The van der Waals surface area contributed by atoms with E-state index in [-0.39, 0.29) is 47.7 Å². The van der Waals surface area contributed by atoms with E-state index >= 15 is 0 Å². The molecule has 2 N–H and O–H groups in total. The molecular formula is C32H45N7O9. The minimum absolute atomic E-state index is 0.0694. The number of hydrogen-bond acceptors (Lipinski definition) is 12. The van der Waals surface area contributed by atoms with Gasteiger partial charge in [-0.3, -0.25) is 9.78 Å². The molecule has 3 heterocycles. The second kappa shape index (κ2) is 14.7. The smallest absolute Gasteiger partial charge is 0.435 e. The largest absolute Gasteiger partial charge is 0.493 e. The molecule has 48 heavy (non-hydrogen) atoms. The van der Waals surface area contributed by atoms with Crippen molar-refractivity contribution in [3.8, 4) is 22.9 Å². The van der Waals surface area contributed by atoms with Gasteiger partial charge in [0, 0.05) is 24.4 Å². The van der Waals surface area contributed by atoms with Crippen LogP contribution in [0.15, 0.2) is 29.3 Å². The summed E-state index contributed by atoms with van der Waals surface area (Å²) in [5.74, 6) is 0.169. The SMILES string of the molecule is COc1nc(C)cc(OCCCNC(=O)OC(C)(C)C)c1-c1cc(N(C(=O)OC(C)(C)C)c2cncc(=O)[nH]2)nn1C(=O)OC(C)(C)C. The first-order valence-electron chi connectivity index (χ1n) is 15.2. The summed E-state index contributed by atoms with van der Waals surface area (Å²) in [6.45, 7) is 17.6. The number of pyridine rings is 1. The van der Waals surface area contributed by atoms with E-state index < -0.39 is 40.6 Å². The number of aromatic nitrogens is 5. The molecule has 16 nitrogen and oxygen atoms in total. The second-order valence-corrected chi connectivity index (χ2v) is 13.7. The van der Waals surface area contributed by atoms with Crippen molar-refractivity contribution in [3.63, 3.8) is 0 Å². The highest BCUT2D eigenvalue weighted by Crippen LogP contribution is 2.40. The predicted molar refractivity (Wildman–Crippen MR) is 176 cm³/mol. The molecule has 0 saturated carbocycles. The summed E-state index contributed by atoms with van der Waals surface area (Å²) in [6, 6.07) is 3.06. The van der Waals surface area contributed by atoms with Crippen molar-refractivity contribution < 1.29 is 38.1 Å². The molecule has 0 spiro atoms. The Morgan fingerprint density at radius 3 is 2.17 bits per heavy atom. The molecule has 3 rings (SSSR count). The van der Waals surface area contributed by atoms with Crippen molar-refractivity contribution in [1.82, 2.24) is 30.0 Å². The topological polar surface area (TPSA) is 189 Å². The summed E-state index contributed by atoms with van der Waals surface area (Å²) in [6.07, 6.45) is 0.336. The minimum Gasteiger partial charge on any atom is -0.493 e. The number of alkyl carbamates (subject to hydrolysis) is 1. The van der Waals surface area contributed by atoms with Gasteiger partial charge in [0.05, 0.1) is 31.8 Å². The Hall–Kier alpha value is -5.15. The van der Waals surface area contributed by atoms with E-state index in [1.165, 1.54) is 19.4 Å². The zero-order valence-corrected chi connectivity index (χ0v) is 29.3. The van der Waals surface area contributed by atoms with E-state index in [0.717, 1.165) is 15.8 Å². The van der Waals surface area contributed by atoms with Crippen LogP contribution in [0.2, 0.25) is 0 Å². The summed E-state index contributed by atoms with van der Waals surface area (Å²) >= 11 is 0. The maximum Gasteiger partial charge on any atom is 0.435 e. The Morgan fingerprint density at radius 2 is 1.58 bits per heavy atom. The number of anilines is 2. The van der Waals surface area contributed by atoms with Gasteiger partial charge in [-0.25, -0.2) is 24.3 Å². The van der Waals surface area contributed by atoms with Crippen molar-refractivity contribution in [2.75, 3.05) is 25.2 Å². The van der Waals surface area contributed by atoms with Gasteiger partial charge in [-0.15, -0.1) is 5.10 Å². The van der Waals surface area contributed by atoms with Gasteiger partial charge in [-0.05, 0) is 75.7 Å². The molecule has 16 heteroatoms. The van der Waals surface area contributed by atoms with Gasteiger partial charge >= 0.3 is 18.3 Å². The molecule has 0 bridgehead atoms. The van der Waals surface area contributed by atoms with E-state index in [4.69, 9.17) is 23.7 Å². The fraction of sp³-hybridized carbons (Fsp3) is 0.531. The normalized spacial score (nSPS) is 11.8. The minimum atomic E-state index is -0.933.